The maximum absolute atomic E-state index is 13.5. The van der Waals surface area contributed by atoms with Crippen molar-refractivity contribution < 1.29 is 4.39 Å². The first kappa shape index (κ1) is 15.1. The van der Waals surface area contributed by atoms with Crippen molar-refractivity contribution in [2.24, 2.45) is 5.10 Å². The van der Waals surface area contributed by atoms with E-state index in [9.17, 15) is 4.39 Å². The molecule has 0 saturated carbocycles. The van der Waals surface area contributed by atoms with Gasteiger partial charge in [0.05, 0.1) is 11.9 Å². The van der Waals surface area contributed by atoms with Gasteiger partial charge in [0.1, 0.15) is 5.82 Å². The molecule has 0 aliphatic rings. The largest absolute Gasteiger partial charge is 0.329 e. The quantitative estimate of drug-likeness (QED) is 0.429. The fraction of sp³-hybridized carbons (Fsp3) is 0. The van der Waals surface area contributed by atoms with Crippen molar-refractivity contribution in [1.82, 2.24) is 5.43 Å². The van der Waals surface area contributed by atoms with Crippen LogP contribution >= 0.6 is 12.2 Å². The monoisotopic (exact) mass is 323 g/mol. The normalized spacial score (nSPS) is 10.8. The number of rotatable bonds is 3. The molecule has 0 unspecified atom stereocenters. The van der Waals surface area contributed by atoms with Gasteiger partial charge in [-0.05, 0) is 35.1 Å². The predicted octanol–water partition coefficient (Wildman–Crippen LogP) is 4.30. The summed E-state index contributed by atoms with van der Waals surface area (Å²) in [5, 5.41) is 9.36. The number of halogens is 1. The molecule has 0 saturated heterocycles. The van der Waals surface area contributed by atoms with Crippen molar-refractivity contribution in [2.75, 3.05) is 5.32 Å². The van der Waals surface area contributed by atoms with Gasteiger partial charge in [-0.3, -0.25) is 5.43 Å². The van der Waals surface area contributed by atoms with Crippen LogP contribution in [0.3, 0.4) is 0 Å². The second-order valence-corrected chi connectivity index (χ2v) is 5.28. The highest BCUT2D eigenvalue weighted by Crippen LogP contribution is 2.16. The highest BCUT2D eigenvalue weighted by molar-refractivity contribution is 7.80. The number of para-hydroxylation sites is 1. The molecule has 0 amide bonds. The molecule has 0 aliphatic carbocycles. The van der Waals surface area contributed by atoms with Crippen LogP contribution in [-0.2, 0) is 0 Å². The van der Waals surface area contributed by atoms with Crippen molar-refractivity contribution in [3.63, 3.8) is 0 Å². The van der Waals surface area contributed by atoms with Crippen molar-refractivity contribution in [1.29, 1.82) is 0 Å². The molecule has 3 aromatic carbocycles. The van der Waals surface area contributed by atoms with E-state index in [4.69, 9.17) is 12.2 Å². The molecule has 0 spiro atoms. The van der Waals surface area contributed by atoms with Crippen LogP contribution in [0.2, 0.25) is 0 Å². The first-order chi connectivity index (χ1) is 11.2. The molecule has 114 valence electrons. The van der Waals surface area contributed by atoms with E-state index in [0.29, 0.717) is 5.69 Å². The summed E-state index contributed by atoms with van der Waals surface area (Å²) in [6, 6.07) is 20.4. The molecule has 0 aromatic heterocycles. The van der Waals surface area contributed by atoms with Gasteiger partial charge in [0.25, 0.3) is 0 Å². The molecular formula is C18H14FN3S. The number of hydrogen-bond donors (Lipinski definition) is 2. The Bertz CT molecular complexity index is 872. The molecule has 23 heavy (non-hydrogen) atoms. The Morgan fingerprint density at radius 1 is 0.957 bits per heavy atom. The molecule has 0 heterocycles. The van der Waals surface area contributed by atoms with Crippen LogP contribution in [0.4, 0.5) is 10.1 Å². The Morgan fingerprint density at radius 2 is 1.70 bits per heavy atom. The van der Waals surface area contributed by atoms with Crippen LogP contribution in [0, 0.1) is 5.82 Å². The van der Waals surface area contributed by atoms with Gasteiger partial charge in [-0.25, -0.2) is 4.39 Å². The first-order valence-electron chi connectivity index (χ1n) is 7.06. The zero-order chi connectivity index (χ0) is 16.1. The molecule has 0 aliphatic heterocycles. The maximum atomic E-state index is 13.5. The Balaban J connectivity index is 1.69. The lowest BCUT2D eigenvalue weighted by atomic mass is 10.1. The lowest BCUT2D eigenvalue weighted by molar-refractivity contribution is 0.632. The molecule has 0 bridgehead atoms. The minimum atomic E-state index is -0.366. The summed E-state index contributed by atoms with van der Waals surface area (Å²) in [7, 11) is 0. The molecule has 0 radical (unpaired) electrons. The van der Waals surface area contributed by atoms with Crippen LogP contribution in [0.25, 0.3) is 10.8 Å². The standard InChI is InChI=1S/C18H14FN3S/c19-16-10-3-4-11-17(16)21-18(23)22-20-12-14-8-5-7-13-6-1-2-9-15(13)14/h1-12H,(H2,21,22,23)/b20-12+. The second kappa shape index (κ2) is 6.98. The summed E-state index contributed by atoms with van der Waals surface area (Å²) in [5.41, 5.74) is 3.98. The molecule has 3 rings (SSSR count). The lowest BCUT2D eigenvalue weighted by Gasteiger charge is -2.07. The highest BCUT2D eigenvalue weighted by Gasteiger charge is 2.02. The number of fused-ring (bicyclic) bond motifs is 1. The van der Waals surface area contributed by atoms with Crippen LogP contribution < -0.4 is 10.7 Å². The van der Waals surface area contributed by atoms with E-state index >= 15 is 0 Å². The Morgan fingerprint density at radius 3 is 2.57 bits per heavy atom. The van der Waals surface area contributed by atoms with Gasteiger partial charge in [-0.2, -0.15) is 5.10 Å². The number of anilines is 1. The summed E-state index contributed by atoms with van der Waals surface area (Å²) in [5.74, 6) is -0.366. The topological polar surface area (TPSA) is 36.4 Å². The Hall–Kier alpha value is -2.79. The van der Waals surface area contributed by atoms with E-state index in [0.717, 1.165) is 16.3 Å². The molecule has 0 atom stereocenters. The molecule has 3 nitrogen and oxygen atoms in total. The molecule has 0 fully saturated rings. The SMILES string of the molecule is Fc1ccccc1NC(=S)N/N=C/c1cccc2ccccc12. The zero-order valence-corrected chi connectivity index (χ0v) is 13.0. The van der Waals surface area contributed by atoms with Crippen molar-refractivity contribution in [3.05, 3.63) is 78.1 Å². The van der Waals surface area contributed by atoms with E-state index < -0.39 is 0 Å². The van der Waals surface area contributed by atoms with Gasteiger partial charge >= 0.3 is 0 Å². The minimum absolute atomic E-state index is 0.228. The third-order valence-corrected chi connectivity index (χ3v) is 3.51. The van der Waals surface area contributed by atoms with E-state index in [1.165, 1.54) is 6.07 Å². The van der Waals surface area contributed by atoms with Crippen molar-refractivity contribution >= 4 is 40.0 Å². The number of nitrogens with one attached hydrogen (secondary N) is 2. The Labute approximate surface area is 138 Å². The maximum Gasteiger partial charge on any atom is 0.191 e. The van der Waals surface area contributed by atoms with Gasteiger partial charge in [0, 0.05) is 5.56 Å². The molecule has 2 N–H and O–H groups in total. The van der Waals surface area contributed by atoms with Gasteiger partial charge in [-0.15, -0.1) is 0 Å². The second-order valence-electron chi connectivity index (χ2n) is 4.87. The fourth-order valence-corrected chi connectivity index (χ4v) is 2.40. The number of hydrogen-bond acceptors (Lipinski definition) is 2. The molecular weight excluding hydrogens is 309 g/mol. The van der Waals surface area contributed by atoms with Crippen molar-refractivity contribution in [2.45, 2.75) is 0 Å². The number of nitrogens with zero attached hydrogens (tertiary/aromatic N) is 1. The van der Waals surface area contributed by atoms with Gasteiger partial charge in [0.15, 0.2) is 5.11 Å². The third-order valence-electron chi connectivity index (χ3n) is 3.32. The Kier molecular flexibility index (Phi) is 4.59. The number of hydrazone groups is 1. The minimum Gasteiger partial charge on any atom is -0.329 e. The van der Waals surface area contributed by atoms with Crippen LogP contribution in [0.1, 0.15) is 5.56 Å². The first-order valence-corrected chi connectivity index (χ1v) is 7.47. The van der Waals surface area contributed by atoms with Gasteiger partial charge < -0.3 is 5.32 Å². The summed E-state index contributed by atoms with van der Waals surface area (Å²) in [6.45, 7) is 0. The fourth-order valence-electron chi connectivity index (χ4n) is 2.24. The van der Waals surface area contributed by atoms with Gasteiger partial charge in [0.2, 0.25) is 0 Å². The van der Waals surface area contributed by atoms with Gasteiger partial charge in [-0.1, -0.05) is 54.6 Å². The average Bonchev–Trinajstić information content (AvgIpc) is 2.57. The summed E-state index contributed by atoms with van der Waals surface area (Å²) < 4.78 is 13.5. The van der Waals surface area contributed by atoms with Crippen LogP contribution in [0.5, 0.6) is 0 Å². The number of thiocarbonyl (C=S) groups is 1. The molecule has 3 aromatic rings. The van der Waals surface area contributed by atoms with Crippen LogP contribution in [-0.4, -0.2) is 11.3 Å². The van der Waals surface area contributed by atoms with Crippen LogP contribution in [0.15, 0.2) is 71.8 Å². The van der Waals surface area contributed by atoms with Crippen molar-refractivity contribution in [3.8, 4) is 0 Å². The summed E-state index contributed by atoms with van der Waals surface area (Å²) in [4.78, 5) is 0. The van der Waals surface area contributed by atoms with E-state index in [2.05, 4.69) is 15.8 Å². The van der Waals surface area contributed by atoms with E-state index in [1.54, 1.807) is 24.4 Å². The van der Waals surface area contributed by atoms with E-state index in [1.807, 2.05) is 42.5 Å². The number of benzene rings is 3. The highest BCUT2D eigenvalue weighted by atomic mass is 32.1. The summed E-state index contributed by atoms with van der Waals surface area (Å²) >= 11 is 5.10. The average molecular weight is 323 g/mol. The lowest BCUT2D eigenvalue weighted by Crippen LogP contribution is -2.24. The third kappa shape index (κ3) is 3.70. The molecule has 5 heteroatoms. The predicted molar refractivity (Wildman–Crippen MR) is 97.3 cm³/mol. The summed E-state index contributed by atoms with van der Waals surface area (Å²) in [6.07, 6.45) is 1.69. The van der Waals surface area contributed by atoms with E-state index in [-0.39, 0.29) is 10.9 Å². The smallest absolute Gasteiger partial charge is 0.191 e. The zero-order valence-electron chi connectivity index (χ0n) is 12.2.